The summed E-state index contributed by atoms with van der Waals surface area (Å²) in [6, 6.07) is 0. The molecule has 1 rings (SSSR count). The number of aromatic nitrogens is 2. The van der Waals surface area contributed by atoms with Crippen LogP contribution in [0.25, 0.3) is 0 Å². The van der Waals surface area contributed by atoms with Crippen LogP contribution in [0.4, 0.5) is 0 Å². The molecule has 4 nitrogen and oxygen atoms in total. The van der Waals surface area contributed by atoms with E-state index in [0.717, 1.165) is 31.9 Å². The Labute approximate surface area is 121 Å². The fraction of sp³-hybridized carbons (Fsp3) is 0.857. The van der Waals surface area contributed by atoms with Crippen molar-refractivity contribution < 1.29 is 0 Å². The molecule has 1 N–H and O–H groups in total. The molecule has 0 saturated heterocycles. The van der Waals surface area contributed by atoms with E-state index in [2.05, 4.69) is 61.5 Å². The topological polar surface area (TPSA) is 41.0 Å². The third kappa shape index (κ3) is 5.97. The highest BCUT2D eigenvalue weighted by molar-refractivity contribution is 7.05. The van der Waals surface area contributed by atoms with Gasteiger partial charge in [-0.2, -0.15) is 0 Å². The summed E-state index contributed by atoms with van der Waals surface area (Å²) in [5.41, 5.74) is 1.22. The quantitative estimate of drug-likeness (QED) is 0.781. The molecule has 0 aliphatic rings. The first-order chi connectivity index (χ1) is 8.80. The second-order valence-corrected chi connectivity index (χ2v) is 7.47. The largest absolute Gasteiger partial charge is 0.315 e. The molecule has 0 aliphatic heterocycles. The molecule has 1 heterocycles. The predicted molar refractivity (Wildman–Crippen MR) is 82.7 cm³/mol. The number of nitrogens with zero attached hydrogens (tertiary/aromatic N) is 3. The Morgan fingerprint density at radius 2 is 2.00 bits per heavy atom. The summed E-state index contributed by atoms with van der Waals surface area (Å²) in [5.74, 6) is 0.712. The number of nitrogens with one attached hydrogen (secondary N) is 1. The molecule has 0 amide bonds. The van der Waals surface area contributed by atoms with Crippen LogP contribution in [0.15, 0.2) is 0 Å². The van der Waals surface area contributed by atoms with E-state index >= 15 is 0 Å². The van der Waals surface area contributed by atoms with Crippen LogP contribution < -0.4 is 5.32 Å². The van der Waals surface area contributed by atoms with Crippen molar-refractivity contribution in [1.82, 2.24) is 19.8 Å². The molecule has 1 aromatic rings. The molecular formula is C14H28N4S. The number of rotatable bonds is 7. The van der Waals surface area contributed by atoms with Crippen molar-refractivity contribution >= 4 is 11.5 Å². The monoisotopic (exact) mass is 284 g/mol. The summed E-state index contributed by atoms with van der Waals surface area (Å²) in [4.78, 5) is 3.62. The summed E-state index contributed by atoms with van der Waals surface area (Å²) < 4.78 is 4.11. The highest BCUT2D eigenvalue weighted by atomic mass is 32.1. The molecular weight excluding hydrogens is 256 g/mol. The zero-order valence-corrected chi connectivity index (χ0v) is 14.0. The van der Waals surface area contributed by atoms with Crippen LogP contribution in [0.2, 0.25) is 0 Å². The van der Waals surface area contributed by atoms with Crippen LogP contribution in [-0.4, -0.2) is 41.2 Å². The Kier molecular flexibility index (Phi) is 6.36. The second-order valence-electron chi connectivity index (χ2n) is 6.63. The maximum atomic E-state index is 4.29. The lowest BCUT2D eigenvalue weighted by Gasteiger charge is -2.20. The highest BCUT2D eigenvalue weighted by Crippen LogP contribution is 2.26. The van der Waals surface area contributed by atoms with E-state index in [1.807, 2.05) is 0 Å². The summed E-state index contributed by atoms with van der Waals surface area (Å²) in [5, 5.41) is 7.76. The van der Waals surface area contributed by atoms with E-state index in [9.17, 15) is 0 Å². The van der Waals surface area contributed by atoms with Gasteiger partial charge in [-0.15, -0.1) is 5.10 Å². The third-order valence-electron chi connectivity index (χ3n) is 2.90. The van der Waals surface area contributed by atoms with Crippen LogP contribution in [0, 0.1) is 5.92 Å². The molecule has 0 bridgehead atoms. The van der Waals surface area contributed by atoms with Crippen molar-refractivity contribution in [2.24, 2.45) is 5.92 Å². The maximum absolute atomic E-state index is 4.29. The molecule has 0 fully saturated rings. The van der Waals surface area contributed by atoms with Gasteiger partial charge < -0.3 is 5.32 Å². The van der Waals surface area contributed by atoms with Gasteiger partial charge in [0.2, 0.25) is 0 Å². The second kappa shape index (κ2) is 7.31. The average molecular weight is 284 g/mol. The fourth-order valence-electron chi connectivity index (χ4n) is 1.87. The summed E-state index contributed by atoms with van der Waals surface area (Å²) in [6.45, 7) is 15.1. The minimum Gasteiger partial charge on any atom is -0.315 e. The lowest BCUT2D eigenvalue weighted by molar-refractivity contribution is 0.321. The molecule has 0 unspecified atom stereocenters. The molecule has 0 aromatic carbocycles. The van der Waals surface area contributed by atoms with Crippen molar-refractivity contribution in [3.05, 3.63) is 10.6 Å². The number of hydrogen-bond acceptors (Lipinski definition) is 5. The van der Waals surface area contributed by atoms with Gasteiger partial charge in [0.05, 0.1) is 10.6 Å². The van der Waals surface area contributed by atoms with Gasteiger partial charge in [-0.25, -0.2) is 0 Å². The Balaban J connectivity index is 2.40. The van der Waals surface area contributed by atoms with Gasteiger partial charge in [0.1, 0.15) is 0 Å². The molecule has 5 heteroatoms. The van der Waals surface area contributed by atoms with Crippen LogP contribution in [0.3, 0.4) is 0 Å². The molecule has 110 valence electrons. The van der Waals surface area contributed by atoms with Crippen molar-refractivity contribution in [3.63, 3.8) is 0 Å². The zero-order valence-electron chi connectivity index (χ0n) is 13.2. The molecule has 19 heavy (non-hydrogen) atoms. The van der Waals surface area contributed by atoms with Crippen molar-refractivity contribution in [3.8, 4) is 0 Å². The Hall–Kier alpha value is -0.520. The first-order valence-corrected chi connectivity index (χ1v) is 7.79. The van der Waals surface area contributed by atoms with Crippen molar-refractivity contribution in [2.45, 2.75) is 46.6 Å². The smallest absolute Gasteiger partial charge is 0.0854 e. The summed E-state index contributed by atoms with van der Waals surface area (Å²) >= 11 is 1.53. The average Bonchev–Trinajstić information content (AvgIpc) is 2.72. The van der Waals surface area contributed by atoms with Crippen LogP contribution in [0.1, 0.15) is 45.2 Å². The standard InChI is InChI=1S/C14H28N4S/c1-11(2)9-15-7-8-18(6)10-12-13(14(3,4)5)16-17-19-12/h11,15H,7-10H2,1-6H3. The van der Waals surface area contributed by atoms with Crippen LogP contribution in [-0.2, 0) is 12.0 Å². The highest BCUT2D eigenvalue weighted by Gasteiger charge is 2.22. The Morgan fingerprint density at radius 1 is 1.32 bits per heavy atom. The van der Waals surface area contributed by atoms with Crippen LogP contribution >= 0.6 is 11.5 Å². The van der Waals surface area contributed by atoms with E-state index in [4.69, 9.17) is 0 Å². The summed E-state index contributed by atoms with van der Waals surface area (Å²) in [7, 11) is 2.16. The zero-order chi connectivity index (χ0) is 14.5. The summed E-state index contributed by atoms with van der Waals surface area (Å²) in [6.07, 6.45) is 0. The van der Waals surface area contributed by atoms with Gasteiger partial charge in [-0.3, -0.25) is 4.90 Å². The van der Waals surface area contributed by atoms with Gasteiger partial charge in [0.25, 0.3) is 0 Å². The third-order valence-corrected chi connectivity index (χ3v) is 3.61. The molecule has 0 radical (unpaired) electrons. The molecule has 0 atom stereocenters. The minimum atomic E-state index is 0.0824. The SMILES string of the molecule is CC(C)CNCCN(C)Cc1snnc1C(C)(C)C. The molecule has 0 aliphatic carbocycles. The molecule has 0 saturated carbocycles. The Bertz CT molecular complexity index is 368. The van der Waals surface area contributed by atoms with Gasteiger partial charge >= 0.3 is 0 Å². The van der Waals surface area contributed by atoms with Gasteiger partial charge in [0, 0.05) is 25.0 Å². The van der Waals surface area contributed by atoms with Gasteiger partial charge in [-0.1, -0.05) is 39.1 Å². The predicted octanol–water partition coefficient (Wildman–Crippen LogP) is 2.51. The first-order valence-electron chi connectivity index (χ1n) is 7.01. The van der Waals surface area contributed by atoms with Crippen molar-refractivity contribution in [1.29, 1.82) is 0 Å². The number of likely N-dealkylation sites (N-methyl/N-ethyl adjacent to an activating group) is 1. The van der Waals surface area contributed by atoms with E-state index in [1.54, 1.807) is 0 Å². The normalized spacial score (nSPS) is 12.6. The van der Waals surface area contributed by atoms with Gasteiger partial charge in [0.15, 0.2) is 0 Å². The van der Waals surface area contributed by atoms with E-state index in [-0.39, 0.29) is 5.41 Å². The van der Waals surface area contributed by atoms with Gasteiger partial charge in [-0.05, 0) is 31.0 Å². The lowest BCUT2D eigenvalue weighted by atomic mass is 9.91. The van der Waals surface area contributed by atoms with E-state index in [1.165, 1.54) is 16.4 Å². The molecule has 1 aromatic heterocycles. The van der Waals surface area contributed by atoms with Crippen molar-refractivity contribution in [2.75, 3.05) is 26.7 Å². The maximum Gasteiger partial charge on any atom is 0.0854 e. The minimum absolute atomic E-state index is 0.0824. The van der Waals surface area contributed by atoms with Crippen LogP contribution in [0.5, 0.6) is 0 Å². The number of hydrogen-bond donors (Lipinski definition) is 1. The lowest BCUT2D eigenvalue weighted by Crippen LogP contribution is -2.31. The first kappa shape index (κ1) is 16.5. The fourth-order valence-corrected chi connectivity index (χ4v) is 2.80. The molecule has 0 spiro atoms. The Morgan fingerprint density at radius 3 is 2.58 bits per heavy atom. The van der Waals surface area contributed by atoms with E-state index in [0.29, 0.717) is 5.92 Å². The van der Waals surface area contributed by atoms with E-state index < -0.39 is 0 Å².